The molecule has 0 bridgehead atoms. The first kappa shape index (κ1) is 23.2. The standard InChI is InChI=1S/C32H30N2O3/c1-5-34(6-2)28-19-27(20(3)17-21(28)4)33-22-15-16-30-26(18-22)32(25-13-9-10-14-29(25)36-30)24-12-8-7-11-23(24)31(35)37-32/h7-19,33H,5-6H2,1-4H3. The van der Waals surface area contributed by atoms with Crippen LogP contribution in [-0.2, 0) is 10.3 Å². The Hall–Kier alpha value is -4.25. The van der Waals surface area contributed by atoms with Gasteiger partial charge in [0, 0.05) is 46.8 Å². The van der Waals surface area contributed by atoms with E-state index in [1.807, 2.05) is 60.7 Å². The molecule has 0 amide bonds. The van der Waals surface area contributed by atoms with Gasteiger partial charge in [-0.05, 0) is 75.2 Å². The molecular weight excluding hydrogens is 460 g/mol. The number of benzene rings is 4. The zero-order valence-corrected chi connectivity index (χ0v) is 21.6. The van der Waals surface area contributed by atoms with Gasteiger partial charge in [-0.25, -0.2) is 4.79 Å². The number of fused-ring (bicyclic) bond motifs is 6. The lowest BCUT2D eigenvalue weighted by atomic mass is 9.77. The van der Waals surface area contributed by atoms with Crippen LogP contribution in [0.25, 0.3) is 0 Å². The third kappa shape index (κ3) is 3.49. The molecule has 2 aliphatic rings. The highest BCUT2D eigenvalue weighted by atomic mass is 16.6. The van der Waals surface area contributed by atoms with Crippen molar-refractivity contribution in [1.82, 2.24) is 0 Å². The SMILES string of the molecule is CCN(CC)c1cc(Nc2ccc3c(c2)C2(OC(=O)c4ccccc42)c2ccccc2O3)c(C)cc1C. The number of aryl methyl sites for hydroxylation is 2. The van der Waals surface area contributed by atoms with Crippen LogP contribution < -0.4 is 15.0 Å². The van der Waals surface area contributed by atoms with Crippen LogP contribution in [0, 0.1) is 13.8 Å². The van der Waals surface area contributed by atoms with Crippen molar-refractivity contribution < 1.29 is 14.3 Å². The van der Waals surface area contributed by atoms with Crippen LogP contribution in [0.3, 0.4) is 0 Å². The van der Waals surface area contributed by atoms with Crippen molar-refractivity contribution in [1.29, 1.82) is 0 Å². The number of carbonyl (C=O) groups excluding carboxylic acids is 1. The van der Waals surface area contributed by atoms with Gasteiger partial charge in [0.15, 0.2) is 5.60 Å². The molecule has 2 heterocycles. The van der Waals surface area contributed by atoms with E-state index in [-0.39, 0.29) is 5.97 Å². The Labute approximate surface area is 217 Å². The van der Waals surface area contributed by atoms with E-state index >= 15 is 0 Å². The monoisotopic (exact) mass is 490 g/mol. The molecule has 0 aliphatic carbocycles. The van der Waals surface area contributed by atoms with Crippen LogP contribution in [0.4, 0.5) is 17.1 Å². The molecule has 1 spiro atoms. The first-order valence-corrected chi connectivity index (χ1v) is 12.8. The lowest BCUT2D eigenvalue weighted by Gasteiger charge is -2.36. The van der Waals surface area contributed by atoms with Gasteiger partial charge in [-0.15, -0.1) is 0 Å². The Balaban J connectivity index is 1.49. The number of hydrogen-bond donors (Lipinski definition) is 1. The van der Waals surface area contributed by atoms with Gasteiger partial charge < -0.3 is 19.7 Å². The van der Waals surface area contributed by atoms with Gasteiger partial charge in [-0.3, -0.25) is 0 Å². The van der Waals surface area contributed by atoms with E-state index in [0.29, 0.717) is 17.1 Å². The minimum atomic E-state index is -1.07. The Bertz CT molecular complexity index is 1540. The molecule has 1 N–H and O–H groups in total. The van der Waals surface area contributed by atoms with Crippen LogP contribution >= 0.6 is 0 Å². The maximum Gasteiger partial charge on any atom is 0.340 e. The number of esters is 1. The Morgan fingerprint density at radius 1 is 0.784 bits per heavy atom. The van der Waals surface area contributed by atoms with Crippen molar-refractivity contribution in [3.05, 3.63) is 112 Å². The first-order valence-electron chi connectivity index (χ1n) is 12.8. The topological polar surface area (TPSA) is 50.8 Å². The summed E-state index contributed by atoms with van der Waals surface area (Å²) in [7, 11) is 0. The Morgan fingerprint density at radius 2 is 1.49 bits per heavy atom. The molecule has 4 aromatic rings. The molecule has 4 aromatic carbocycles. The molecule has 0 saturated heterocycles. The average molecular weight is 491 g/mol. The Morgan fingerprint density at radius 3 is 2.27 bits per heavy atom. The fourth-order valence-corrected chi connectivity index (χ4v) is 5.74. The molecule has 1 unspecified atom stereocenters. The summed E-state index contributed by atoms with van der Waals surface area (Å²) >= 11 is 0. The molecule has 5 heteroatoms. The fraction of sp³-hybridized carbons (Fsp3) is 0.219. The largest absolute Gasteiger partial charge is 0.456 e. The minimum Gasteiger partial charge on any atom is -0.456 e. The molecule has 37 heavy (non-hydrogen) atoms. The molecule has 0 saturated carbocycles. The summed E-state index contributed by atoms with van der Waals surface area (Å²) in [6.45, 7) is 10.5. The van der Waals surface area contributed by atoms with Gasteiger partial charge in [0.05, 0.1) is 5.56 Å². The molecule has 0 fully saturated rings. The summed E-state index contributed by atoms with van der Waals surface area (Å²) in [5.74, 6) is 1.05. The van der Waals surface area contributed by atoms with E-state index in [4.69, 9.17) is 9.47 Å². The van der Waals surface area contributed by atoms with Gasteiger partial charge in [0.2, 0.25) is 0 Å². The predicted octanol–water partition coefficient (Wildman–Crippen LogP) is 7.46. The smallest absolute Gasteiger partial charge is 0.340 e. The lowest BCUT2D eigenvalue weighted by molar-refractivity contribution is 0.0224. The van der Waals surface area contributed by atoms with Crippen molar-refractivity contribution >= 4 is 23.0 Å². The Kier molecular flexibility index (Phi) is 5.45. The minimum absolute atomic E-state index is 0.324. The summed E-state index contributed by atoms with van der Waals surface area (Å²) in [5, 5.41) is 3.64. The fourth-order valence-electron chi connectivity index (χ4n) is 5.74. The highest BCUT2D eigenvalue weighted by Crippen LogP contribution is 2.56. The first-order chi connectivity index (χ1) is 18.0. The number of ether oxygens (including phenoxy) is 2. The number of nitrogens with zero attached hydrogens (tertiary/aromatic N) is 1. The molecule has 5 nitrogen and oxygen atoms in total. The number of carbonyl (C=O) groups is 1. The second kappa shape index (κ2) is 8.70. The van der Waals surface area contributed by atoms with Gasteiger partial charge in [0.1, 0.15) is 11.5 Å². The van der Waals surface area contributed by atoms with Crippen LogP contribution in [0.1, 0.15) is 52.0 Å². The molecule has 186 valence electrons. The van der Waals surface area contributed by atoms with Crippen molar-refractivity contribution in [3.8, 4) is 11.5 Å². The molecular formula is C32H30N2O3. The van der Waals surface area contributed by atoms with Crippen LogP contribution in [-0.4, -0.2) is 19.1 Å². The summed E-state index contributed by atoms with van der Waals surface area (Å²) < 4.78 is 12.6. The highest BCUT2D eigenvalue weighted by molar-refractivity contribution is 5.97. The van der Waals surface area contributed by atoms with Crippen LogP contribution in [0.15, 0.2) is 78.9 Å². The number of hydrogen-bond acceptors (Lipinski definition) is 5. The molecule has 6 rings (SSSR count). The van der Waals surface area contributed by atoms with E-state index in [1.54, 1.807) is 0 Å². The van der Waals surface area contributed by atoms with E-state index in [1.165, 1.54) is 16.8 Å². The summed E-state index contributed by atoms with van der Waals surface area (Å²) in [5.41, 5.74) is 7.59. The van der Waals surface area contributed by atoms with E-state index in [2.05, 4.69) is 56.1 Å². The lowest BCUT2D eigenvalue weighted by Crippen LogP contribution is -2.33. The third-order valence-corrected chi connectivity index (χ3v) is 7.54. The van der Waals surface area contributed by atoms with Crippen LogP contribution in [0.5, 0.6) is 11.5 Å². The molecule has 2 aliphatic heterocycles. The van der Waals surface area contributed by atoms with E-state index in [9.17, 15) is 4.79 Å². The zero-order valence-electron chi connectivity index (χ0n) is 21.6. The van der Waals surface area contributed by atoms with Gasteiger partial charge in [0.25, 0.3) is 0 Å². The zero-order chi connectivity index (χ0) is 25.7. The summed E-state index contributed by atoms with van der Waals surface area (Å²) in [4.78, 5) is 15.4. The second-order valence-corrected chi connectivity index (χ2v) is 9.68. The number of para-hydroxylation sites is 1. The summed E-state index contributed by atoms with van der Waals surface area (Å²) in [6.07, 6.45) is 0. The van der Waals surface area contributed by atoms with Crippen LogP contribution in [0.2, 0.25) is 0 Å². The van der Waals surface area contributed by atoms with Gasteiger partial charge in [-0.2, -0.15) is 0 Å². The number of nitrogens with one attached hydrogen (secondary N) is 1. The van der Waals surface area contributed by atoms with Crippen molar-refractivity contribution in [2.75, 3.05) is 23.3 Å². The predicted molar refractivity (Wildman–Crippen MR) is 147 cm³/mol. The highest BCUT2D eigenvalue weighted by Gasteiger charge is 2.53. The second-order valence-electron chi connectivity index (χ2n) is 9.68. The van der Waals surface area contributed by atoms with Crippen molar-refractivity contribution in [2.45, 2.75) is 33.3 Å². The molecule has 0 aromatic heterocycles. The van der Waals surface area contributed by atoms with Crippen molar-refractivity contribution in [3.63, 3.8) is 0 Å². The summed E-state index contributed by atoms with van der Waals surface area (Å²) in [6, 6.07) is 25.9. The maximum atomic E-state index is 13.1. The van der Waals surface area contributed by atoms with Gasteiger partial charge in [-0.1, -0.05) is 42.5 Å². The average Bonchev–Trinajstić information content (AvgIpc) is 3.21. The quantitative estimate of drug-likeness (QED) is 0.294. The number of rotatable bonds is 5. The normalized spacial score (nSPS) is 16.9. The van der Waals surface area contributed by atoms with E-state index in [0.717, 1.165) is 41.2 Å². The van der Waals surface area contributed by atoms with Crippen molar-refractivity contribution in [2.24, 2.45) is 0 Å². The molecule has 1 atom stereocenters. The number of anilines is 3. The third-order valence-electron chi connectivity index (χ3n) is 7.54. The van der Waals surface area contributed by atoms with E-state index < -0.39 is 5.60 Å². The molecule has 0 radical (unpaired) electrons. The van der Waals surface area contributed by atoms with Gasteiger partial charge >= 0.3 is 5.97 Å². The maximum absolute atomic E-state index is 13.1.